The summed E-state index contributed by atoms with van der Waals surface area (Å²) in [6, 6.07) is 10.5. The molecule has 0 aliphatic heterocycles. The van der Waals surface area contributed by atoms with Crippen LogP contribution in [-0.4, -0.2) is 24.3 Å². The highest BCUT2D eigenvalue weighted by molar-refractivity contribution is 6.31. The average molecular weight is 321 g/mol. The lowest BCUT2D eigenvalue weighted by molar-refractivity contribution is 0.0691. The topological polar surface area (TPSA) is 55.8 Å². The fourth-order valence-electron chi connectivity index (χ4n) is 2.12. The van der Waals surface area contributed by atoms with Gasteiger partial charge in [0, 0.05) is 5.02 Å². The Balaban J connectivity index is 1.93. The van der Waals surface area contributed by atoms with Crippen molar-refractivity contribution in [2.45, 2.75) is 13.8 Å². The molecule has 116 valence electrons. The maximum atomic E-state index is 11.1. The monoisotopic (exact) mass is 320 g/mol. The molecule has 0 saturated carbocycles. The minimum absolute atomic E-state index is 0.0406. The summed E-state index contributed by atoms with van der Waals surface area (Å²) in [5.74, 6) is -0.0238. The van der Waals surface area contributed by atoms with E-state index < -0.39 is 5.97 Å². The molecule has 0 radical (unpaired) electrons. The van der Waals surface area contributed by atoms with Gasteiger partial charge in [0.05, 0.1) is 0 Å². The third-order valence-corrected chi connectivity index (χ3v) is 3.21. The van der Waals surface area contributed by atoms with Gasteiger partial charge in [0.1, 0.15) is 30.3 Å². The molecular weight excluding hydrogens is 304 g/mol. The number of hydrogen-bond acceptors (Lipinski definition) is 3. The highest BCUT2D eigenvalue weighted by atomic mass is 35.5. The number of aryl methyl sites for hydroxylation is 2. The maximum Gasteiger partial charge on any atom is 0.339 e. The van der Waals surface area contributed by atoms with E-state index >= 15 is 0 Å². The van der Waals surface area contributed by atoms with Crippen molar-refractivity contribution in [1.82, 2.24) is 0 Å². The van der Waals surface area contributed by atoms with Crippen molar-refractivity contribution in [1.29, 1.82) is 0 Å². The molecule has 0 spiro atoms. The first-order valence-corrected chi connectivity index (χ1v) is 7.20. The standard InChI is InChI=1S/C17H17ClO4/c1-11-7-12(2)9-14(8-11)21-5-6-22-16-4-3-13(18)10-15(16)17(19)20/h3-4,7-10H,5-6H2,1-2H3,(H,19,20). The van der Waals surface area contributed by atoms with Crippen molar-refractivity contribution in [2.75, 3.05) is 13.2 Å². The van der Waals surface area contributed by atoms with Crippen LogP contribution in [0.1, 0.15) is 21.5 Å². The number of carboxylic acids is 1. The number of ether oxygens (including phenoxy) is 2. The number of rotatable bonds is 6. The molecule has 0 unspecified atom stereocenters. The van der Waals surface area contributed by atoms with Crippen LogP contribution >= 0.6 is 11.6 Å². The van der Waals surface area contributed by atoms with Gasteiger partial charge in [-0.1, -0.05) is 17.7 Å². The minimum atomic E-state index is -1.08. The van der Waals surface area contributed by atoms with Gasteiger partial charge < -0.3 is 14.6 Å². The Hall–Kier alpha value is -2.20. The summed E-state index contributed by atoms with van der Waals surface area (Å²) in [6.07, 6.45) is 0. The fourth-order valence-corrected chi connectivity index (χ4v) is 2.29. The molecule has 0 fully saturated rings. The van der Waals surface area contributed by atoms with Gasteiger partial charge in [-0.2, -0.15) is 0 Å². The predicted octanol–water partition coefficient (Wildman–Crippen LogP) is 4.11. The second-order valence-corrected chi connectivity index (χ2v) is 5.40. The quantitative estimate of drug-likeness (QED) is 0.814. The highest BCUT2D eigenvalue weighted by Gasteiger charge is 2.11. The van der Waals surface area contributed by atoms with Crippen molar-refractivity contribution in [3.63, 3.8) is 0 Å². The third-order valence-electron chi connectivity index (χ3n) is 2.98. The van der Waals surface area contributed by atoms with E-state index in [0.717, 1.165) is 16.9 Å². The Labute approximate surface area is 134 Å². The highest BCUT2D eigenvalue weighted by Crippen LogP contribution is 2.23. The van der Waals surface area contributed by atoms with E-state index in [2.05, 4.69) is 6.07 Å². The van der Waals surface area contributed by atoms with E-state index in [1.807, 2.05) is 26.0 Å². The summed E-state index contributed by atoms with van der Waals surface area (Å²) >= 11 is 5.79. The summed E-state index contributed by atoms with van der Waals surface area (Å²) in [7, 11) is 0. The first-order chi connectivity index (χ1) is 10.5. The fraction of sp³-hybridized carbons (Fsp3) is 0.235. The van der Waals surface area contributed by atoms with Gasteiger partial charge in [-0.3, -0.25) is 0 Å². The summed E-state index contributed by atoms with van der Waals surface area (Å²) in [6.45, 7) is 4.58. The summed E-state index contributed by atoms with van der Waals surface area (Å²) in [5, 5.41) is 9.47. The van der Waals surface area contributed by atoms with Crippen LogP contribution in [0, 0.1) is 13.8 Å². The van der Waals surface area contributed by atoms with Gasteiger partial charge >= 0.3 is 5.97 Å². The first-order valence-electron chi connectivity index (χ1n) is 6.82. The number of carboxylic acid groups (broad SMARTS) is 1. The minimum Gasteiger partial charge on any atom is -0.490 e. The van der Waals surface area contributed by atoms with Gasteiger partial charge in [-0.25, -0.2) is 4.79 Å². The Morgan fingerprint density at radius 1 is 1.05 bits per heavy atom. The van der Waals surface area contributed by atoms with Crippen molar-refractivity contribution in [2.24, 2.45) is 0 Å². The molecule has 0 aliphatic rings. The Bertz CT molecular complexity index is 662. The lowest BCUT2D eigenvalue weighted by Gasteiger charge is -2.11. The molecule has 22 heavy (non-hydrogen) atoms. The van der Waals surface area contributed by atoms with E-state index in [9.17, 15) is 4.79 Å². The van der Waals surface area contributed by atoms with E-state index in [1.54, 1.807) is 12.1 Å². The molecule has 0 amide bonds. The molecule has 5 heteroatoms. The zero-order valence-corrected chi connectivity index (χ0v) is 13.2. The Morgan fingerprint density at radius 2 is 1.68 bits per heavy atom. The second-order valence-electron chi connectivity index (χ2n) is 4.97. The van der Waals surface area contributed by atoms with Crippen LogP contribution in [0.4, 0.5) is 0 Å². The van der Waals surface area contributed by atoms with Crippen molar-refractivity contribution < 1.29 is 19.4 Å². The van der Waals surface area contributed by atoms with Crippen LogP contribution in [-0.2, 0) is 0 Å². The van der Waals surface area contributed by atoms with Crippen LogP contribution in [0.2, 0.25) is 5.02 Å². The number of hydrogen-bond donors (Lipinski definition) is 1. The first kappa shape index (κ1) is 16.2. The lowest BCUT2D eigenvalue weighted by atomic mass is 10.1. The molecule has 0 saturated heterocycles. The van der Waals surface area contributed by atoms with Gasteiger partial charge in [0.15, 0.2) is 0 Å². The van der Waals surface area contributed by atoms with Crippen LogP contribution in [0.25, 0.3) is 0 Å². The number of benzene rings is 2. The van der Waals surface area contributed by atoms with Crippen LogP contribution in [0.3, 0.4) is 0 Å². The van der Waals surface area contributed by atoms with Crippen molar-refractivity contribution >= 4 is 17.6 Å². The molecule has 0 aliphatic carbocycles. The molecule has 4 nitrogen and oxygen atoms in total. The average Bonchev–Trinajstić information content (AvgIpc) is 2.43. The Morgan fingerprint density at radius 3 is 2.32 bits per heavy atom. The zero-order chi connectivity index (χ0) is 16.1. The largest absolute Gasteiger partial charge is 0.490 e. The normalized spacial score (nSPS) is 10.3. The molecular formula is C17H17ClO4. The van der Waals surface area contributed by atoms with Crippen molar-refractivity contribution in [3.05, 3.63) is 58.1 Å². The zero-order valence-electron chi connectivity index (χ0n) is 12.4. The van der Waals surface area contributed by atoms with Crippen LogP contribution in [0.15, 0.2) is 36.4 Å². The van der Waals surface area contributed by atoms with E-state index in [4.69, 9.17) is 26.2 Å². The second kappa shape index (κ2) is 7.18. The van der Waals surface area contributed by atoms with Crippen LogP contribution in [0.5, 0.6) is 11.5 Å². The van der Waals surface area contributed by atoms with Gasteiger partial charge in [-0.15, -0.1) is 0 Å². The number of aromatic carboxylic acids is 1. The van der Waals surface area contributed by atoms with Gasteiger partial charge in [0.2, 0.25) is 0 Å². The molecule has 0 bridgehead atoms. The summed E-state index contributed by atoms with van der Waals surface area (Å²) in [4.78, 5) is 11.1. The smallest absolute Gasteiger partial charge is 0.339 e. The molecule has 1 N–H and O–H groups in total. The predicted molar refractivity (Wildman–Crippen MR) is 85.3 cm³/mol. The third kappa shape index (κ3) is 4.40. The number of carbonyl (C=O) groups is 1. The SMILES string of the molecule is Cc1cc(C)cc(OCCOc2ccc(Cl)cc2C(=O)O)c1. The van der Waals surface area contributed by atoms with E-state index in [-0.39, 0.29) is 17.9 Å². The van der Waals surface area contributed by atoms with Gasteiger partial charge in [-0.05, 0) is 55.3 Å². The summed E-state index contributed by atoms with van der Waals surface area (Å²) < 4.78 is 11.1. The van der Waals surface area contributed by atoms with Crippen LogP contribution < -0.4 is 9.47 Å². The molecule has 0 heterocycles. The van der Waals surface area contributed by atoms with E-state index in [0.29, 0.717) is 11.6 Å². The lowest BCUT2D eigenvalue weighted by Crippen LogP contribution is -2.11. The van der Waals surface area contributed by atoms with Gasteiger partial charge in [0.25, 0.3) is 0 Å². The Kier molecular flexibility index (Phi) is 5.28. The molecule has 0 atom stereocenters. The molecule has 2 rings (SSSR count). The molecule has 2 aromatic carbocycles. The number of halogens is 1. The van der Waals surface area contributed by atoms with E-state index in [1.165, 1.54) is 6.07 Å². The summed E-state index contributed by atoms with van der Waals surface area (Å²) in [5.41, 5.74) is 2.29. The maximum absolute atomic E-state index is 11.1. The molecule has 0 aromatic heterocycles. The van der Waals surface area contributed by atoms with Crippen molar-refractivity contribution in [3.8, 4) is 11.5 Å². The molecule has 2 aromatic rings.